The summed E-state index contributed by atoms with van der Waals surface area (Å²) >= 11 is 4.73. The third-order valence-electron chi connectivity index (χ3n) is 5.12. The fourth-order valence-corrected chi connectivity index (χ4v) is 3.98. The third-order valence-corrected chi connectivity index (χ3v) is 5.22. The molecule has 0 saturated heterocycles. The molecule has 3 nitrogen and oxygen atoms in total. The van der Waals surface area contributed by atoms with Crippen LogP contribution >= 0.6 is 12.2 Å². The highest BCUT2D eigenvalue weighted by Crippen LogP contribution is 2.35. The van der Waals surface area contributed by atoms with Gasteiger partial charge in [-0.1, -0.05) is 0 Å². The largest absolute Gasteiger partial charge is 0.326 e. The number of nitrogens with two attached hydrogens (primary N) is 1. The van der Waals surface area contributed by atoms with Crippen molar-refractivity contribution in [1.29, 1.82) is 0 Å². The Morgan fingerprint density at radius 3 is 2.47 bits per heavy atom. The molecular formula is C15H27N3S. The zero-order chi connectivity index (χ0) is 13.7. The number of aliphatic imine (C=N–C) groups is 1. The Labute approximate surface area is 122 Å². The maximum Gasteiger partial charge on any atom is 0.0756 e. The van der Waals surface area contributed by atoms with Gasteiger partial charge < -0.3 is 11.1 Å². The topological polar surface area (TPSA) is 50.4 Å². The summed E-state index contributed by atoms with van der Waals surface area (Å²) in [5.74, 6) is 1.72. The summed E-state index contributed by atoms with van der Waals surface area (Å²) in [5, 5.41) is 5.93. The number of hydrogen-bond donors (Lipinski definition) is 2. The van der Waals surface area contributed by atoms with E-state index in [0.717, 1.165) is 30.7 Å². The summed E-state index contributed by atoms with van der Waals surface area (Å²) < 4.78 is 0. The first-order valence-corrected chi connectivity index (χ1v) is 8.13. The number of isothiocyanates is 1. The second kappa shape index (κ2) is 7.49. The first-order chi connectivity index (χ1) is 9.22. The van der Waals surface area contributed by atoms with Gasteiger partial charge in [0.15, 0.2) is 0 Å². The number of thiocarbonyl (C=S) groups is 1. The van der Waals surface area contributed by atoms with Crippen LogP contribution in [0.2, 0.25) is 0 Å². The van der Waals surface area contributed by atoms with Gasteiger partial charge >= 0.3 is 0 Å². The zero-order valence-corrected chi connectivity index (χ0v) is 12.8. The van der Waals surface area contributed by atoms with E-state index in [1.54, 1.807) is 0 Å². The molecular weight excluding hydrogens is 254 g/mol. The molecule has 0 aromatic heterocycles. The average Bonchev–Trinajstić information content (AvgIpc) is 2.44. The smallest absolute Gasteiger partial charge is 0.0756 e. The summed E-state index contributed by atoms with van der Waals surface area (Å²) in [6.07, 6.45) is 10.3. The minimum atomic E-state index is 0.201. The van der Waals surface area contributed by atoms with Crippen LogP contribution in [-0.4, -0.2) is 30.3 Å². The van der Waals surface area contributed by atoms with E-state index in [-0.39, 0.29) is 12.1 Å². The zero-order valence-electron chi connectivity index (χ0n) is 12.0. The second-order valence-electron chi connectivity index (χ2n) is 6.37. The standard InChI is InChI=1S/C15H27N3S/c1-17-13-5-2-11(3-6-13)8-12-4-7-14(16)15(9-12)18-10-19/h11-15,17H,2-9,16H2,1H3. The van der Waals surface area contributed by atoms with Gasteiger partial charge in [-0.25, -0.2) is 4.99 Å². The van der Waals surface area contributed by atoms with Crippen LogP contribution in [0.4, 0.5) is 0 Å². The van der Waals surface area contributed by atoms with Crippen molar-refractivity contribution in [3.05, 3.63) is 0 Å². The lowest BCUT2D eigenvalue weighted by atomic mass is 9.74. The number of rotatable bonds is 4. The third kappa shape index (κ3) is 4.35. The van der Waals surface area contributed by atoms with Gasteiger partial charge in [-0.05, 0) is 82.5 Å². The highest BCUT2D eigenvalue weighted by molar-refractivity contribution is 7.78. The van der Waals surface area contributed by atoms with Crippen LogP contribution in [0.5, 0.6) is 0 Å². The molecule has 2 fully saturated rings. The molecule has 0 heterocycles. The van der Waals surface area contributed by atoms with Gasteiger partial charge in [-0.3, -0.25) is 0 Å². The molecule has 3 atom stereocenters. The Morgan fingerprint density at radius 1 is 1.16 bits per heavy atom. The molecule has 108 valence electrons. The van der Waals surface area contributed by atoms with Crippen molar-refractivity contribution in [3.8, 4) is 0 Å². The van der Waals surface area contributed by atoms with Crippen molar-refractivity contribution in [2.45, 2.75) is 69.5 Å². The summed E-state index contributed by atoms with van der Waals surface area (Å²) in [5.41, 5.74) is 6.11. The first kappa shape index (κ1) is 15.1. The summed E-state index contributed by atoms with van der Waals surface area (Å²) in [4.78, 5) is 4.26. The van der Waals surface area contributed by atoms with Crippen molar-refractivity contribution in [1.82, 2.24) is 5.32 Å². The minimum Gasteiger partial charge on any atom is -0.326 e. The van der Waals surface area contributed by atoms with E-state index in [1.807, 2.05) is 0 Å². The number of nitrogens with one attached hydrogen (secondary N) is 1. The van der Waals surface area contributed by atoms with E-state index < -0.39 is 0 Å². The van der Waals surface area contributed by atoms with Crippen LogP contribution in [0.15, 0.2) is 4.99 Å². The normalized spacial score (nSPS) is 39.6. The van der Waals surface area contributed by atoms with Gasteiger partial charge in [-0.15, -0.1) is 0 Å². The molecule has 3 unspecified atom stereocenters. The molecule has 0 bridgehead atoms. The van der Waals surface area contributed by atoms with Crippen LogP contribution in [0.3, 0.4) is 0 Å². The molecule has 0 spiro atoms. The Kier molecular flexibility index (Phi) is 5.96. The fourth-order valence-electron chi connectivity index (χ4n) is 3.84. The second-order valence-corrected chi connectivity index (χ2v) is 6.56. The Balaban J connectivity index is 1.78. The molecule has 2 rings (SSSR count). The van der Waals surface area contributed by atoms with Gasteiger partial charge in [0, 0.05) is 12.1 Å². The van der Waals surface area contributed by atoms with Crippen molar-refractivity contribution in [2.75, 3.05) is 7.05 Å². The van der Waals surface area contributed by atoms with Crippen molar-refractivity contribution >= 4 is 17.4 Å². The number of nitrogens with zero attached hydrogens (tertiary/aromatic N) is 1. The summed E-state index contributed by atoms with van der Waals surface area (Å²) in [6.45, 7) is 0. The SMILES string of the molecule is CNC1CCC(CC2CCC(N)C(N=C=S)C2)CC1. The molecule has 0 aromatic rings. The van der Waals surface area contributed by atoms with E-state index >= 15 is 0 Å². The van der Waals surface area contributed by atoms with E-state index in [2.05, 4.69) is 22.5 Å². The number of hydrogen-bond acceptors (Lipinski definition) is 4. The van der Waals surface area contributed by atoms with Gasteiger partial charge in [0.1, 0.15) is 0 Å². The lowest BCUT2D eigenvalue weighted by molar-refractivity contribution is 0.206. The molecule has 0 aliphatic heterocycles. The van der Waals surface area contributed by atoms with Crippen LogP contribution in [-0.2, 0) is 0 Å². The molecule has 2 aliphatic carbocycles. The molecule has 0 aromatic carbocycles. The van der Waals surface area contributed by atoms with E-state index in [0.29, 0.717) is 0 Å². The van der Waals surface area contributed by atoms with E-state index in [9.17, 15) is 0 Å². The quantitative estimate of drug-likeness (QED) is 0.615. The molecule has 0 amide bonds. The fraction of sp³-hybridized carbons (Fsp3) is 0.933. The maximum atomic E-state index is 6.11. The van der Waals surface area contributed by atoms with Crippen molar-refractivity contribution < 1.29 is 0 Å². The highest BCUT2D eigenvalue weighted by atomic mass is 32.1. The lowest BCUT2D eigenvalue weighted by Crippen LogP contribution is -2.40. The first-order valence-electron chi connectivity index (χ1n) is 7.72. The van der Waals surface area contributed by atoms with E-state index in [1.165, 1.54) is 38.5 Å². The predicted molar refractivity (Wildman–Crippen MR) is 83.6 cm³/mol. The highest BCUT2D eigenvalue weighted by Gasteiger charge is 2.30. The Morgan fingerprint density at radius 2 is 1.84 bits per heavy atom. The molecule has 4 heteroatoms. The Hall–Kier alpha value is -0.280. The van der Waals surface area contributed by atoms with Gasteiger partial charge in [0.25, 0.3) is 0 Å². The van der Waals surface area contributed by atoms with Crippen LogP contribution in [0.25, 0.3) is 0 Å². The van der Waals surface area contributed by atoms with Crippen LogP contribution < -0.4 is 11.1 Å². The monoisotopic (exact) mass is 281 g/mol. The van der Waals surface area contributed by atoms with Crippen molar-refractivity contribution in [3.63, 3.8) is 0 Å². The summed E-state index contributed by atoms with van der Waals surface area (Å²) in [6, 6.07) is 1.18. The minimum absolute atomic E-state index is 0.201. The maximum absolute atomic E-state index is 6.11. The van der Waals surface area contributed by atoms with Crippen molar-refractivity contribution in [2.24, 2.45) is 22.6 Å². The molecule has 2 saturated carbocycles. The molecule has 0 radical (unpaired) electrons. The average molecular weight is 281 g/mol. The van der Waals surface area contributed by atoms with E-state index in [4.69, 9.17) is 18.0 Å². The van der Waals surface area contributed by atoms with Crippen LogP contribution in [0.1, 0.15) is 51.4 Å². The molecule has 19 heavy (non-hydrogen) atoms. The van der Waals surface area contributed by atoms with Crippen LogP contribution in [0, 0.1) is 11.8 Å². The Bertz CT molecular complexity index is 319. The summed E-state index contributed by atoms with van der Waals surface area (Å²) in [7, 11) is 2.08. The van der Waals surface area contributed by atoms with Gasteiger partial charge in [0.05, 0.1) is 11.2 Å². The van der Waals surface area contributed by atoms with Gasteiger partial charge in [-0.2, -0.15) is 0 Å². The van der Waals surface area contributed by atoms with Gasteiger partial charge in [0.2, 0.25) is 0 Å². The predicted octanol–water partition coefficient (Wildman–Crippen LogP) is 2.75. The molecule has 3 N–H and O–H groups in total. The molecule has 2 aliphatic rings. The lowest BCUT2D eigenvalue weighted by Gasteiger charge is -2.35.